The number of aromatic amines is 1. The topological polar surface area (TPSA) is 71.1 Å². The molecule has 110 valence electrons. The van der Waals surface area contributed by atoms with Crippen molar-refractivity contribution in [2.24, 2.45) is 0 Å². The lowest BCUT2D eigenvalue weighted by molar-refractivity contribution is 0.0683. The van der Waals surface area contributed by atoms with Gasteiger partial charge < -0.3 is 14.6 Å². The Morgan fingerprint density at radius 3 is 3.00 bits per heavy atom. The molecule has 2 atom stereocenters. The van der Waals surface area contributed by atoms with Crippen molar-refractivity contribution in [1.29, 1.82) is 0 Å². The van der Waals surface area contributed by atoms with Crippen LogP contribution in [0.25, 0.3) is 0 Å². The molecule has 2 aromatic heterocycles. The number of likely N-dealkylation sites (tertiary alicyclic amines) is 1. The first-order valence-electron chi connectivity index (χ1n) is 6.94. The first-order chi connectivity index (χ1) is 10.2. The molecule has 1 saturated heterocycles. The van der Waals surface area contributed by atoms with Crippen LogP contribution in [-0.2, 0) is 4.74 Å². The van der Waals surface area contributed by atoms with Gasteiger partial charge in [0.2, 0.25) is 0 Å². The third kappa shape index (κ3) is 2.54. The average Bonchev–Trinajstić information content (AvgIpc) is 3.15. The molecule has 0 radical (unpaired) electrons. The van der Waals surface area contributed by atoms with E-state index in [0.717, 1.165) is 17.8 Å². The van der Waals surface area contributed by atoms with E-state index in [-0.39, 0.29) is 18.1 Å². The predicted molar refractivity (Wildman–Crippen MR) is 76.8 cm³/mol. The standard InChI is InChI=1S/C15H18N4O2/c1-10-8-16-4-3-12(10)15(20)19-9-11(21-2)7-13(19)14-17-5-6-18-14/h3-6,8,11,13H,7,9H2,1-2H3,(H,17,18)/t11-,13?/m1/s1. The summed E-state index contributed by atoms with van der Waals surface area (Å²) in [4.78, 5) is 26.1. The third-order valence-electron chi connectivity index (χ3n) is 3.94. The van der Waals surface area contributed by atoms with Crippen LogP contribution in [-0.4, -0.2) is 45.5 Å². The van der Waals surface area contributed by atoms with Crippen LogP contribution in [0.4, 0.5) is 0 Å². The molecule has 1 N–H and O–H groups in total. The molecule has 1 fully saturated rings. The minimum Gasteiger partial charge on any atom is -0.380 e. The molecule has 0 spiro atoms. The summed E-state index contributed by atoms with van der Waals surface area (Å²) in [6.45, 7) is 2.47. The third-order valence-corrected chi connectivity index (χ3v) is 3.94. The Balaban J connectivity index is 1.91. The number of aryl methyl sites for hydroxylation is 1. The summed E-state index contributed by atoms with van der Waals surface area (Å²) in [6, 6.07) is 1.68. The number of carbonyl (C=O) groups is 1. The Morgan fingerprint density at radius 1 is 1.48 bits per heavy atom. The molecule has 1 unspecified atom stereocenters. The van der Waals surface area contributed by atoms with E-state index < -0.39 is 0 Å². The molecule has 3 heterocycles. The number of nitrogens with zero attached hydrogens (tertiary/aromatic N) is 3. The smallest absolute Gasteiger partial charge is 0.254 e. The number of rotatable bonds is 3. The highest BCUT2D eigenvalue weighted by Gasteiger charge is 2.38. The van der Waals surface area contributed by atoms with Crippen molar-refractivity contribution in [3.05, 3.63) is 47.8 Å². The van der Waals surface area contributed by atoms with Crippen molar-refractivity contribution in [1.82, 2.24) is 19.9 Å². The average molecular weight is 286 g/mol. The number of nitrogens with one attached hydrogen (secondary N) is 1. The highest BCUT2D eigenvalue weighted by molar-refractivity contribution is 5.95. The van der Waals surface area contributed by atoms with Crippen LogP contribution in [0.5, 0.6) is 0 Å². The molecule has 1 aliphatic rings. The molecule has 21 heavy (non-hydrogen) atoms. The maximum absolute atomic E-state index is 12.8. The molecule has 0 saturated carbocycles. The summed E-state index contributed by atoms with van der Waals surface area (Å²) in [6.07, 6.45) is 7.61. The zero-order chi connectivity index (χ0) is 14.8. The summed E-state index contributed by atoms with van der Waals surface area (Å²) in [5.74, 6) is 0.797. The second-order valence-corrected chi connectivity index (χ2v) is 5.23. The lowest BCUT2D eigenvalue weighted by Crippen LogP contribution is -2.33. The van der Waals surface area contributed by atoms with E-state index in [9.17, 15) is 4.79 Å². The Labute approximate surface area is 123 Å². The zero-order valence-corrected chi connectivity index (χ0v) is 12.1. The molecule has 0 aromatic carbocycles. The van der Waals surface area contributed by atoms with Crippen LogP contribution in [0.3, 0.4) is 0 Å². The summed E-state index contributed by atoms with van der Waals surface area (Å²) in [7, 11) is 1.68. The number of H-pyrrole nitrogens is 1. The monoisotopic (exact) mass is 286 g/mol. The quantitative estimate of drug-likeness (QED) is 0.932. The zero-order valence-electron chi connectivity index (χ0n) is 12.1. The number of hydrogen-bond acceptors (Lipinski definition) is 4. The fraction of sp³-hybridized carbons (Fsp3) is 0.400. The van der Waals surface area contributed by atoms with Crippen LogP contribution < -0.4 is 0 Å². The van der Waals surface area contributed by atoms with E-state index in [0.29, 0.717) is 12.1 Å². The van der Waals surface area contributed by atoms with Gasteiger partial charge in [-0.3, -0.25) is 9.78 Å². The number of amides is 1. The van der Waals surface area contributed by atoms with Gasteiger partial charge in [-0.1, -0.05) is 0 Å². The first-order valence-corrected chi connectivity index (χ1v) is 6.94. The van der Waals surface area contributed by atoms with E-state index in [1.807, 2.05) is 11.8 Å². The molecule has 6 nitrogen and oxygen atoms in total. The van der Waals surface area contributed by atoms with Gasteiger partial charge in [-0.25, -0.2) is 4.98 Å². The van der Waals surface area contributed by atoms with E-state index in [4.69, 9.17) is 4.74 Å². The number of carbonyl (C=O) groups excluding carboxylic acids is 1. The van der Waals surface area contributed by atoms with Crippen molar-refractivity contribution >= 4 is 5.91 Å². The molecular weight excluding hydrogens is 268 g/mol. The van der Waals surface area contributed by atoms with Crippen molar-refractivity contribution in [3.63, 3.8) is 0 Å². The van der Waals surface area contributed by atoms with E-state index in [1.165, 1.54) is 0 Å². The highest BCUT2D eigenvalue weighted by atomic mass is 16.5. The van der Waals surface area contributed by atoms with Gasteiger partial charge in [-0.15, -0.1) is 0 Å². The van der Waals surface area contributed by atoms with Crippen LogP contribution in [0.2, 0.25) is 0 Å². The van der Waals surface area contributed by atoms with Gasteiger partial charge in [0.05, 0.1) is 12.1 Å². The number of hydrogen-bond donors (Lipinski definition) is 1. The fourth-order valence-corrected chi connectivity index (χ4v) is 2.78. The highest BCUT2D eigenvalue weighted by Crippen LogP contribution is 2.33. The van der Waals surface area contributed by atoms with Gasteiger partial charge in [-0.05, 0) is 18.6 Å². The molecule has 0 aliphatic carbocycles. The van der Waals surface area contributed by atoms with Crippen LogP contribution in [0, 0.1) is 6.92 Å². The van der Waals surface area contributed by atoms with Crippen molar-refractivity contribution in [2.75, 3.05) is 13.7 Å². The van der Waals surface area contributed by atoms with Crippen LogP contribution in [0.15, 0.2) is 30.9 Å². The maximum Gasteiger partial charge on any atom is 0.254 e. The molecule has 6 heteroatoms. The second kappa shape index (κ2) is 5.65. The van der Waals surface area contributed by atoms with Crippen molar-refractivity contribution in [2.45, 2.75) is 25.5 Å². The molecule has 1 amide bonds. The largest absolute Gasteiger partial charge is 0.380 e. The minimum absolute atomic E-state index is 0.00384. The van der Waals surface area contributed by atoms with Crippen molar-refractivity contribution in [3.8, 4) is 0 Å². The van der Waals surface area contributed by atoms with E-state index >= 15 is 0 Å². The van der Waals surface area contributed by atoms with Crippen LogP contribution in [0.1, 0.15) is 34.2 Å². The number of imidazole rings is 1. The first kappa shape index (κ1) is 13.8. The lowest BCUT2D eigenvalue weighted by Gasteiger charge is -2.23. The summed E-state index contributed by atoms with van der Waals surface area (Å²) in [5.41, 5.74) is 1.56. The van der Waals surface area contributed by atoms with Gasteiger partial charge >= 0.3 is 0 Å². The normalized spacial score (nSPS) is 21.7. The Kier molecular flexibility index (Phi) is 3.70. The number of aromatic nitrogens is 3. The van der Waals surface area contributed by atoms with Crippen molar-refractivity contribution < 1.29 is 9.53 Å². The molecular formula is C15H18N4O2. The van der Waals surface area contributed by atoms with Crippen LogP contribution >= 0.6 is 0 Å². The van der Waals surface area contributed by atoms with E-state index in [2.05, 4.69) is 15.0 Å². The van der Waals surface area contributed by atoms with Gasteiger partial charge in [0.15, 0.2) is 0 Å². The number of pyridine rings is 1. The lowest BCUT2D eigenvalue weighted by atomic mass is 10.1. The Hall–Kier alpha value is -2.21. The summed E-state index contributed by atoms with van der Waals surface area (Å²) in [5, 5.41) is 0. The second-order valence-electron chi connectivity index (χ2n) is 5.23. The molecule has 1 aliphatic heterocycles. The van der Waals surface area contributed by atoms with Gasteiger partial charge in [0.25, 0.3) is 5.91 Å². The SMILES string of the molecule is CO[C@@H]1CC(c2ncc[nH]2)N(C(=O)c2ccncc2C)C1. The number of ether oxygens (including phenoxy) is 1. The molecule has 3 rings (SSSR count). The van der Waals surface area contributed by atoms with E-state index in [1.54, 1.807) is 38.0 Å². The Bertz CT molecular complexity index is 626. The number of methoxy groups -OCH3 is 1. The summed E-state index contributed by atoms with van der Waals surface area (Å²) < 4.78 is 5.44. The molecule has 2 aromatic rings. The fourth-order valence-electron chi connectivity index (χ4n) is 2.78. The predicted octanol–water partition coefficient (Wildman–Crippen LogP) is 1.72. The van der Waals surface area contributed by atoms with Gasteiger partial charge in [0, 0.05) is 50.4 Å². The van der Waals surface area contributed by atoms with Gasteiger partial charge in [0.1, 0.15) is 5.82 Å². The molecule has 0 bridgehead atoms. The maximum atomic E-state index is 12.8. The minimum atomic E-state index is -0.0787. The van der Waals surface area contributed by atoms with Gasteiger partial charge in [-0.2, -0.15) is 0 Å². The summed E-state index contributed by atoms with van der Waals surface area (Å²) >= 11 is 0. The Morgan fingerprint density at radius 2 is 2.33 bits per heavy atom.